The fraction of sp³-hybridized carbons (Fsp3) is 0.385. The molecule has 0 fully saturated rings. The van der Waals surface area contributed by atoms with E-state index in [1.807, 2.05) is 0 Å². The predicted octanol–water partition coefficient (Wildman–Crippen LogP) is 1.37. The molecular weight excluding hydrogens is 253 g/mol. The van der Waals surface area contributed by atoms with Crippen LogP contribution in [0.2, 0.25) is 0 Å². The maximum absolute atomic E-state index is 13.7. The van der Waals surface area contributed by atoms with Crippen molar-refractivity contribution in [1.82, 2.24) is 0 Å². The molecule has 6 heteroatoms. The Morgan fingerprint density at radius 3 is 2.37 bits per heavy atom. The third-order valence-corrected chi connectivity index (χ3v) is 2.54. The highest BCUT2D eigenvalue weighted by atomic mass is 19.1. The van der Waals surface area contributed by atoms with Gasteiger partial charge >= 0.3 is 11.9 Å². The zero-order valence-corrected chi connectivity index (χ0v) is 10.8. The highest BCUT2D eigenvalue weighted by Crippen LogP contribution is 2.19. The molecule has 0 aliphatic heterocycles. The number of esters is 2. The van der Waals surface area contributed by atoms with Crippen LogP contribution in [-0.4, -0.2) is 31.8 Å². The number of alkyl halides is 1. The predicted molar refractivity (Wildman–Crippen MR) is 66.2 cm³/mol. The van der Waals surface area contributed by atoms with Crippen molar-refractivity contribution in [3.8, 4) is 0 Å². The molecule has 2 N–H and O–H groups in total. The van der Waals surface area contributed by atoms with E-state index in [4.69, 9.17) is 5.73 Å². The molecular formula is C13H16FNO4. The van der Waals surface area contributed by atoms with Crippen LogP contribution in [0.3, 0.4) is 0 Å². The quantitative estimate of drug-likeness (QED) is 0.817. The van der Waals surface area contributed by atoms with Crippen LogP contribution in [0, 0.1) is 0 Å². The van der Waals surface area contributed by atoms with Gasteiger partial charge in [-0.1, -0.05) is 12.1 Å². The van der Waals surface area contributed by atoms with Crippen molar-refractivity contribution in [2.75, 3.05) is 13.7 Å². The summed E-state index contributed by atoms with van der Waals surface area (Å²) in [5, 5.41) is 0. The van der Waals surface area contributed by atoms with E-state index < -0.39 is 24.2 Å². The number of rotatable bonds is 5. The minimum absolute atomic E-state index is 0.0905. The molecule has 0 saturated heterocycles. The number of hydrogen-bond donors (Lipinski definition) is 1. The second-order valence-electron chi connectivity index (χ2n) is 3.79. The van der Waals surface area contributed by atoms with Gasteiger partial charge in [-0.05, 0) is 24.6 Å². The number of benzene rings is 1. The zero-order valence-electron chi connectivity index (χ0n) is 10.8. The van der Waals surface area contributed by atoms with Gasteiger partial charge in [-0.2, -0.15) is 0 Å². The van der Waals surface area contributed by atoms with Crippen LogP contribution in [0.4, 0.5) is 4.39 Å². The van der Waals surface area contributed by atoms with Crippen molar-refractivity contribution < 1.29 is 23.5 Å². The minimum Gasteiger partial charge on any atom is -0.465 e. The Hall–Kier alpha value is -1.95. The van der Waals surface area contributed by atoms with Crippen LogP contribution in [0.25, 0.3) is 0 Å². The number of halogens is 1. The Balaban J connectivity index is 2.80. The van der Waals surface area contributed by atoms with Crippen LogP contribution < -0.4 is 5.73 Å². The van der Waals surface area contributed by atoms with Crippen molar-refractivity contribution in [2.45, 2.75) is 19.1 Å². The second kappa shape index (κ2) is 6.84. The highest BCUT2D eigenvalue weighted by molar-refractivity contribution is 5.89. The topological polar surface area (TPSA) is 78.6 Å². The fourth-order valence-corrected chi connectivity index (χ4v) is 1.50. The standard InChI is InChI=1S/C13H16FNO4/c1-3-19-13(17)10(14)11(15)8-4-6-9(7-5-8)12(16)18-2/h4-7,10-11H,3,15H2,1-2H3/t10?,11-/m1/s1. The molecule has 2 atom stereocenters. The van der Waals surface area contributed by atoms with E-state index in [1.165, 1.54) is 31.4 Å². The number of ether oxygens (including phenoxy) is 2. The molecule has 19 heavy (non-hydrogen) atoms. The number of hydrogen-bond acceptors (Lipinski definition) is 5. The first kappa shape index (κ1) is 15.1. The Morgan fingerprint density at radius 1 is 1.32 bits per heavy atom. The summed E-state index contributed by atoms with van der Waals surface area (Å²) in [6, 6.07) is 4.73. The van der Waals surface area contributed by atoms with E-state index in [0.717, 1.165) is 0 Å². The molecule has 1 rings (SSSR count). The Bertz CT molecular complexity index is 446. The molecule has 1 unspecified atom stereocenters. The maximum Gasteiger partial charge on any atom is 0.342 e. The van der Waals surface area contributed by atoms with Crippen LogP contribution >= 0.6 is 0 Å². The summed E-state index contributed by atoms with van der Waals surface area (Å²) < 4.78 is 22.8. The molecule has 0 heterocycles. The van der Waals surface area contributed by atoms with E-state index in [9.17, 15) is 14.0 Å². The monoisotopic (exact) mass is 269 g/mol. The minimum atomic E-state index is -1.94. The van der Waals surface area contributed by atoms with Gasteiger partial charge in [0, 0.05) is 0 Å². The van der Waals surface area contributed by atoms with Gasteiger partial charge in [-0.15, -0.1) is 0 Å². The molecule has 1 aromatic carbocycles. The lowest BCUT2D eigenvalue weighted by Gasteiger charge is -2.16. The third-order valence-electron chi connectivity index (χ3n) is 2.54. The van der Waals surface area contributed by atoms with Crippen molar-refractivity contribution in [3.05, 3.63) is 35.4 Å². The molecule has 0 radical (unpaired) electrons. The van der Waals surface area contributed by atoms with E-state index in [2.05, 4.69) is 9.47 Å². The van der Waals surface area contributed by atoms with Gasteiger partial charge in [0.1, 0.15) is 0 Å². The lowest BCUT2D eigenvalue weighted by atomic mass is 10.0. The first-order valence-electron chi connectivity index (χ1n) is 5.75. The first-order chi connectivity index (χ1) is 9.01. The molecule has 1 aromatic rings. The van der Waals surface area contributed by atoms with Crippen LogP contribution in [0.15, 0.2) is 24.3 Å². The van der Waals surface area contributed by atoms with Gasteiger partial charge in [0.05, 0.1) is 25.3 Å². The van der Waals surface area contributed by atoms with Crippen LogP contribution in [-0.2, 0) is 14.3 Å². The van der Waals surface area contributed by atoms with Gasteiger partial charge in [-0.25, -0.2) is 14.0 Å². The van der Waals surface area contributed by atoms with Crippen molar-refractivity contribution in [2.24, 2.45) is 5.73 Å². The van der Waals surface area contributed by atoms with Crippen molar-refractivity contribution in [3.63, 3.8) is 0 Å². The Morgan fingerprint density at radius 2 is 1.89 bits per heavy atom. The van der Waals surface area contributed by atoms with E-state index in [0.29, 0.717) is 11.1 Å². The molecule has 0 aliphatic carbocycles. The largest absolute Gasteiger partial charge is 0.465 e. The van der Waals surface area contributed by atoms with Crippen molar-refractivity contribution >= 4 is 11.9 Å². The fourth-order valence-electron chi connectivity index (χ4n) is 1.50. The summed E-state index contributed by atoms with van der Waals surface area (Å²) in [4.78, 5) is 22.4. The lowest BCUT2D eigenvalue weighted by Crippen LogP contribution is -2.31. The van der Waals surface area contributed by atoms with Crippen LogP contribution in [0.1, 0.15) is 28.9 Å². The maximum atomic E-state index is 13.7. The number of carbonyl (C=O) groups is 2. The molecule has 0 amide bonds. The SMILES string of the molecule is CCOC(=O)C(F)[C@H](N)c1ccc(C(=O)OC)cc1. The zero-order chi connectivity index (χ0) is 14.4. The highest BCUT2D eigenvalue weighted by Gasteiger charge is 2.27. The van der Waals surface area contributed by atoms with Gasteiger partial charge < -0.3 is 15.2 Å². The Labute approximate surface area is 110 Å². The normalized spacial score (nSPS) is 13.5. The molecule has 5 nitrogen and oxygen atoms in total. The average molecular weight is 269 g/mol. The van der Waals surface area contributed by atoms with Gasteiger partial charge in [0.15, 0.2) is 0 Å². The molecule has 0 bridgehead atoms. The summed E-state index contributed by atoms with van der Waals surface area (Å²) in [5.74, 6) is -1.49. The number of carbonyl (C=O) groups excluding carboxylic acids is 2. The summed E-state index contributed by atoms with van der Waals surface area (Å²) in [6.07, 6.45) is -1.94. The first-order valence-corrected chi connectivity index (χ1v) is 5.75. The number of nitrogens with two attached hydrogens (primary N) is 1. The lowest BCUT2D eigenvalue weighted by molar-refractivity contribution is -0.149. The van der Waals surface area contributed by atoms with E-state index >= 15 is 0 Å². The molecule has 0 saturated carbocycles. The summed E-state index contributed by atoms with van der Waals surface area (Å²) in [5.41, 5.74) is 6.36. The number of methoxy groups -OCH3 is 1. The van der Waals surface area contributed by atoms with Gasteiger partial charge in [0.2, 0.25) is 6.17 Å². The smallest absolute Gasteiger partial charge is 0.342 e. The van der Waals surface area contributed by atoms with E-state index in [1.54, 1.807) is 6.92 Å². The molecule has 0 aliphatic rings. The second-order valence-corrected chi connectivity index (χ2v) is 3.79. The van der Waals surface area contributed by atoms with E-state index in [-0.39, 0.29) is 6.61 Å². The van der Waals surface area contributed by atoms with Crippen LogP contribution in [0.5, 0.6) is 0 Å². The summed E-state index contributed by atoms with van der Waals surface area (Å²) >= 11 is 0. The third kappa shape index (κ3) is 3.75. The van der Waals surface area contributed by atoms with Gasteiger partial charge in [-0.3, -0.25) is 0 Å². The average Bonchev–Trinajstić information content (AvgIpc) is 2.45. The summed E-state index contributed by atoms with van der Waals surface area (Å²) in [6.45, 7) is 1.68. The van der Waals surface area contributed by atoms with Crippen molar-refractivity contribution in [1.29, 1.82) is 0 Å². The summed E-state index contributed by atoms with van der Waals surface area (Å²) in [7, 11) is 1.26. The molecule has 0 spiro atoms. The molecule has 0 aromatic heterocycles. The Kier molecular flexibility index (Phi) is 5.44. The molecule has 104 valence electrons. The van der Waals surface area contributed by atoms with Gasteiger partial charge in [0.25, 0.3) is 0 Å².